The highest BCUT2D eigenvalue weighted by Gasteiger charge is 2.53. The molecule has 5 heteroatoms. The zero-order valence-electron chi connectivity index (χ0n) is 39.1. The number of hydrogen-bond acceptors (Lipinski definition) is 5. The molecule has 3 aliphatic heterocycles. The second-order valence-electron chi connectivity index (χ2n) is 20.6. The molecule has 0 saturated carbocycles. The van der Waals surface area contributed by atoms with Gasteiger partial charge < -0.3 is 15.1 Å². The van der Waals surface area contributed by atoms with E-state index in [0.717, 1.165) is 54.9 Å². The van der Waals surface area contributed by atoms with Crippen LogP contribution < -0.4 is 20.7 Å². The summed E-state index contributed by atoms with van der Waals surface area (Å²) in [4.78, 5) is 16.5. The Morgan fingerprint density at radius 3 is 2.40 bits per heavy atom. The monoisotopic (exact) mass is 903 g/mol. The van der Waals surface area contributed by atoms with Gasteiger partial charge in [0.15, 0.2) is 6.17 Å². The standard InChI is InChI=1S/C65H53N5/c1-2-15-43(16-3-1)63-66-64(68-65(67-63)48-31-29-42-28-27-41-14-6-8-20-51(41)55(42)37-48)47-30-26-40-32-33-50(35-49(40)34-47)69-58-25-13-11-23-54(58)61-60(69)39-46-19-7-9-21-52(46)62(61)70-57-24-12-10-22-53(57)56-36-44-17-4-5-18-45(44)38-59(56)70/h1-12,14-20,22-24,26-28,30,32-39,52-54,56-59,64H,13,21,25,29,31H2,(H,66,67,68). The summed E-state index contributed by atoms with van der Waals surface area (Å²) in [5.41, 5.74) is 13.2. The number of aliphatic imine (C=N–C) groups is 2. The molecule has 6 aromatic carbocycles. The summed E-state index contributed by atoms with van der Waals surface area (Å²) in [7, 11) is 0. The molecule has 0 bridgehead atoms. The number of likely N-dealkylation sites (tertiary alicyclic amines) is 1. The third-order valence-electron chi connectivity index (χ3n) is 16.9. The number of hydrogen-bond donors (Lipinski definition) is 1. The molecule has 0 spiro atoms. The summed E-state index contributed by atoms with van der Waals surface area (Å²) >= 11 is 0. The molecule has 1 N–H and O–H groups in total. The maximum atomic E-state index is 5.46. The van der Waals surface area contributed by atoms with Crippen LogP contribution in [0.2, 0.25) is 0 Å². The molecule has 15 rings (SSSR count). The lowest BCUT2D eigenvalue weighted by atomic mass is 9.76. The Morgan fingerprint density at radius 1 is 0.629 bits per heavy atom. The highest BCUT2D eigenvalue weighted by molar-refractivity contribution is 6.17. The van der Waals surface area contributed by atoms with E-state index in [9.17, 15) is 0 Å². The van der Waals surface area contributed by atoms with E-state index >= 15 is 0 Å². The highest BCUT2D eigenvalue weighted by Crippen LogP contribution is 2.56. The number of rotatable bonds is 5. The van der Waals surface area contributed by atoms with Crippen LogP contribution in [0.5, 0.6) is 0 Å². The van der Waals surface area contributed by atoms with Crippen molar-refractivity contribution in [2.75, 3.05) is 4.90 Å². The van der Waals surface area contributed by atoms with Crippen LogP contribution in [-0.2, 0) is 6.42 Å². The minimum absolute atomic E-state index is 0.277. The molecule has 6 aliphatic carbocycles. The lowest BCUT2D eigenvalue weighted by Gasteiger charge is -2.42. The molecular formula is C65H53N5. The van der Waals surface area contributed by atoms with Crippen molar-refractivity contribution in [3.63, 3.8) is 0 Å². The van der Waals surface area contributed by atoms with Crippen LogP contribution in [-0.4, -0.2) is 34.7 Å². The minimum Gasteiger partial charge on any atom is -0.360 e. The van der Waals surface area contributed by atoms with E-state index < -0.39 is 6.17 Å². The molecule has 8 unspecified atom stereocenters. The van der Waals surface area contributed by atoms with Gasteiger partial charge in [-0.25, -0.2) is 9.98 Å². The van der Waals surface area contributed by atoms with Crippen LogP contribution in [0.25, 0.3) is 39.8 Å². The Kier molecular flexibility index (Phi) is 9.12. The smallest absolute Gasteiger partial charge is 0.169 e. The number of benzene rings is 6. The summed E-state index contributed by atoms with van der Waals surface area (Å²) in [6.45, 7) is 0. The zero-order chi connectivity index (χ0) is 45.9. The van der Waals surface area contributed by atoms with E-state index in [0.29, 0.717) is 35.8 Å². The second kappa shape index (κ2) is 15.9. The van der Waals surface area contributed by atoms with Gasteiger partial charge in [-0.2, -0.15) is 0 Å². The molecule has 8 atom stereocenters. The lowest BCUT2D eigenvalue weighted by molar-refractivity contribution is 0.277. The molecular weight excluding hydrogens is 851 g/mol. The topological polar surface area (TPSA) is 43.2 Å². The van der Waals surface area contributed by atoms with E-state index in [2.05, 4.69) is 221 Å². The van der Waals surface area contributed by atoms with E-state index in [4.69, 9.17) is 9.98 Å². The van der Waals surface area contributed by atoms with E-state index in [1.165, 1.54) is 71.2 Å². The fourth-order valence-electron chi connectivity index (χ4n) is 13.7. The second-order valence-corrected chi connectivity index (χ2v) is 20.6. The average molecular weight is 904 g/mol. The lowest BCUT2D eigenvalue weighted by Crippen LogP contribution is -2.43. The number of anilines is 1. The van der Waals surface area contributed by atoms with Crippen LogP contribution in [0.15, 0.2) is 226 Å². The maximum Gasteiger partial charge on any atom is 0.169 e. The predicted octanol–water partition coefficient (Wildman–Crippen LogP) is 12.0. The first-order valence-electron chi connectivity index (χ1n) is 25.6. The van der Waals surface area contributed by atoms with Crippen molar-refractivity contribution in [2.45, 2.75) is 56.4 Å². The fourth-order valence-corrected chi connectivity index (χ4v) is 13.7. The Balaban J connectivity index is 0.849. The summed E-state index contributed by atoms with van der Waals surface area (Å²) in [6, 6.07) is 47.8. The fraction of sp³-hybridized carbons (Fsp3) is 0.200. The SMILES string of the molecule is C1=CCC2C(=C1)C=C1C(=C2N2C3C=CC=CC3C3C=c4ccccc4=CC32)C2C=CCCC2N1c1ccc2ccc(C3N=C(C4=Cc5c(ccc6ccccc56)CC4)NC(c4ccccc4)=N3)cc2c1. The van der Waals surface area contributed by atoms with Crippen molar-refractivity contribution in [2.24, 2.45) is 33.7 Å². The Bertz CT molecular complexity index is 3690. The summed E-state index contributed by atoms with van der Waals surface area (Å²) in [5.74, 6) is 3.21. The van der Waals surface area contributed by atoms with Crippen LogP contribution in [0.4, 0.5) is 5.69 Å². The van der Waals surface area contributed by atoms with Gasteiger partial charge in [-0.3, -0.25) is 0 Å². The van der Waals surface area contributed by atoms with Crippen molar-refractivity contribution in [1.29, 1.82) is 0 Å². The van der Waals surface area contributed by atoms with Gasteiger partial charge in [0.2, 0.25) is 0 Å². The number of allylic oxidation sites excluding steroid dienone is 9. The van der Waals surface area contributed by atoms with Crippen LogP contribution >= 0.6 is 0 Å². The number of amidine groups is 2. The van der Waals surface area contributed by atoms with Gasteiger partial charge in [0, 0.05) is 57.9 Å². The van der Waals surface area contributed by atoms with Crippen molar-refractivity contribution in [3.05, 3.63) is 249 Å². The van der Waals surface area contributed by atoms with Crippen molar-refractivity contribution in [3.8, 4) is 0 Å². The third kappa shape index (κ3) is 6.30. The van der Waals surface area contributed by atoms with Gasteiger partial charge >= 0.3 is 0 Å². The van der Waals surface area contributed by atoms with Gasteiger partial charge in [0.05, 0.1) is 12.1 Å². The Morgan fingerprint density at radius 2 is 1.46 bits per heavy atom. The first-order valence-corrected chi connectivity index (χ1v) is 25.6. The first-order chi connectivity index (χ1) is 34.7. The number of nitrogens with one attached hydrogen (secondary N) is 1. The van der Waals surface area contributed by atoms with Gasteiger partial charge in [0.25, 0.3) is 0 Å². The number of nitrogens with zero attached hydrogens (tertiary/aromatic N) is 4. The number of aryl methyl sites for hydroxylation is 1. The van der Waals surface area contributed by atoms with Gasteiger partial charge in [-0.1, -0.05) is 176 Å². The first kappa shape index (κ1) is 40.2. The normalized spacial score (nSPS) is 27.6. The zero-order valence-corrected chi connectivity index (χ0v) is 39.1. The summed E-state index contributed by atoms with van der Waals surface area (Å²) in [6.07, 6.45) is 36.6. The average Bonchev–Trinajstić information content (AvgIpc) is 3.93. The molecule has 9 aliphatic rings. The van der Waals surface area contributed by atoms with Crippen LogP contribution in [0, 0.1) is 23.7 Å². The predicted molar refractivity (Wildman–Crippen MR) is 288 cm³/mol. The quantitative estimate of drug-likeness (QED) is 0.175. The van der Waals surface area contributed by atoms with E-state index in [-0.39, 0.29) is 6.04 Å². The van der Waals surface area contributed by atoms with Gasteiger partial charge in [0.1, 0.15) is 11.7 Å². The van der Waals surface area contributed by atoms with Gasteiger partial charge in [-0.15, -0.1) is 0 Å². The number of fused-ring (bicyclic) bond motifs is 12. The molecule has 6 aromatic rings. The van der Waals surface area contributed by atoms with E-state index in [1.54, 1.807) is 5.70 Å². The van der Waals surface area contributed by atoms with Crippen molar-refractivity contribution in [1.82, 2.24) is 10.2 Å². The largest absolute Gasteiger partial charge is 0.360 e. The molecule has 338 valence electrons. The molecule has 70 heavy (non-hydrogen) atoms. The molecule has 0 aromatic heterocycles. The maximum absolute atomic E-state index is 5.46. The summed E-state index contributed by atoms with van der Waals surface area (Å²) < 4.78 is 0. The Hall–Kier alpha value is -7.76. The van der Waals surface area contributed by atoms with Crippen LogP contribution in [0.3, 0.4) is 0 Å². The molecule has 5 nitrogen and oxygen atoms in total. The summed E-state index contributed by atoms with van der Waals surface area (Å²) in [5, 5.41) is 11.4. The molecule has 2 saturated heterocycles. The van der Waals surface area contributed by atoms with Crippen LogP contribution in [0.1, 0.15) is 54.1 Å². The van der Waals surface area contributed by atoms with Crippen molar-refractivity contribution >= 4 is 57.1 Å². The molecule has 3 heterocycles. The highest BCUT2D eigenvalue weighted by atomic mass is 15.3. The molecule has 0 radical (unpaired) electrons. The molecule has 2 fully saturated rings. The third-order valence-corrected chi connectivity index (χ3v) is 16.9. The van der Waals surface area contributed by atoms with Gasteiger partial charge in [-0.05, 0) is 122 Å². The Labute approximate surface area is 409 Å². The van der Waals surface area contributed by atoms with E-state index in [1.807, 2.05) is 0 Å². The molecule has 0 amide bonds. The minimum atomic E-state index is -0.395. The van der Waals surface area contributed by atoms with Crippen molar-refractivity contribution < 1.29 is 0 Å².